The Balaban J connectivity index is 2.65. The normalized spacial score (nSPS) is 10.4. The van der Waals surface area contributed by atoms with E-state index in [1.54, 1.807) is 25.1 Å². The predicted molar refractivity (Wildman–Crippen MR) is 76.3 cm³/mol. The second kappa shape index (κ2) is 5.12. The lowest BCUT2D eigenvalue weighted by Crippen LogP contribution is -2.00. The van der Waals surface area contributed by atoms with Gasteiger partial charge in [-0.15, -0.1) is 0 Å². The summed E-state index contributed by atoms with van der Waals surface area (Å²) < 4.78 is 0.843. The van der Waals surface area contributed by atoms with Crippen LogP contribution in [0.25, 0.3) is 11.1 Å². The number of carboxylic acid groups (broad SMARTS) is 1. The van der Waals surface area contributed by atoms with Crippen LogP contribution < -0.4 is 0 Å². The second-order valence-electron chi connectivity index (χ2n) is 3.93. The van der Waals surface area contributed by atoms with E-state index >= 15 is 0 Å². The Bertz CT molecular complexity index is 603. The van der Waals surface area contributed by atoms with Crippen molar-refractivity contribution in [3.8, 4) is 11.1 Å². The van der Waals surface area contributed by atoms with Gasteiger partial charge in [0.15, 0.2) is 0 Å². The highest BCUT2D eigenvalue weighted by molar-refractivity contribution is 9.10. The highest BCUT2D eigenvalue weighted by Crippen LogP contribution is 2.35. The summed E-state index contributed by atoms with van der Waals surface area (Å²) in [5, 5.41) is 9.72. The van der Waals surface area contributed by atoms with Gasteiger partial charge < -0.3 is 5.11 Å². The first kappa shape index (κ1) is 13.1. The summed E-state index contributed by atoms with van der Waals surface area (Å²) in [6.45, 7) is 1.77. The molecule has 2 rings (SSSR count). The Morgan fingerprint density at radius 3 is 2.61 bits per heavy atom. The smallest absolute Gasteiger partial charge is 0.335 e. The third-order valence-corrected chi connectivity index (χ3v) is 3.70. The quantitative estimate of drug-likeness (QED) is 0.863. The molecular formula is C14H10BrClO2. The molecule has 2 aromatic rings. The fourth-order valence-electron chi connectivity index (χ4n) is 1.78. The molecule has 0 unspecified atom stereocenters. The van der Waals surface area contributed by atoms with E-state index in [1.807, 2.05) is 18.2 Å². The van der Waals surface area contributed by atoms with Crippen LogP contribution in [0.5, 0.6) is 0 Å². The van der Waals surface area contributed by atoms with Gasteiger partial charge in [-0.05, 0) is 36.2 Å². The summed E-state index contributed by atoms with van der Waals surface area (Å²) in [5.41, 5.74) is 2.62. The number of hydrogen-bond donors (Lipinski definition) is 1. The summed E-state index contributed by atoms with van der Waals surface area (Å²) in [6, 6.07) is 10.8. The summed E-state index contributed by atoms with van der Waals surface area (Å²) in [5.74, 6) is -0.933. The molecule has 18 heavy (non-hydrogen) atoms. The van der Waals surface area contributed by atoms with Crippen LogP contribution in [-0.2, 0) is 0 Å². The lowest BCUT2D eigenvalue weighted by Gasteiger charge is -2.09. The minimum Gasteiger partial charge on any atom is -0.478 e. The highest BCUT2D eigenvalue weighted by Gasteiger charge is 2.12. The maximum absolute atomic E-state index is 11.1. The second-order valence-corrected chi connectivity index (χ2v) is 5.19. The Morgan fingerprint density at radius 2 is 2.00 bits per heavy atom. The Morgan fingerprint density at radius 1 is 1.28 bits per heavy atom. The molecule has 0 radical (unpaired) electrons. The van der Waals surface area contributed by atoms with Crippen LogP contribution in [0, 0.1) is 6.92 Å². The molecule has 0 heterocycles. The number of halogens is 2. The molecule has 1 N–H and O–H groups in total. The number of hydrogen-bond acceptors (Lipinski definition) is 1. The maximum Gasteiger partial charge on any atom is 0.335 e. The summed E-state index contributed by atoms with van der Waals surface area (Å²) in [7, 11) is 0. The van der Waals surface area contributed by atoms with Gasteiger partial charge in [0, 0.05) is 15.1 Å². The monoisotopic (exact) mass is 324 g/mol. The minimum atomic E-state index is -0.933. The average molecular weight is 326 g/mol. The molecule has 92 valence electrons. The topological polar surface area (TPSA) is 37.3 Å². The molecule has 0 saturated carbocycles. The van der Waals surface area contributed by atoms with E-state index in [-0.39, 0.29) is 0 Å². The van der Waals surface area contributed by atoms with Crippen molar-refractivity contribution in [1.82, 2.24) is 0 Å². The van der Waals surface area contributed by atoms with Crippen LogP contribution in [0.3, 0.4) is 0 Å². The first-order valence-electron chi connectivity index (χ1n) is 5.29. The van der Waals surface area contributed by atoms with Crippen LogP contribution in [0.4, 0.5) is 0 Å². The molecule has 0 saturated heterocycles. The number of aryl methyl sites for hydroxylation is 1. The number of carboxylic acids is 1. The van der Waals surface area contributed by atoms with Gasteiger partial charge in [-0.2, -0.15) is 0 Å². The van der Waals surface area contributed by atoms with Crippen molar-refractivity contribution in [3.05, 3.63) is 57.0 Å². The Labute approximate surface area is 118 Å². The van der Waals surface area contributed by atoms with Crippen molar-refractivity contribution in [3.63, 3.8) is 0 Å². The van der Waals surface area contributed by atoms with Crippen LogP contribution in [0.2, 0.25) is 5.02 Å². The van der Waals surface area contributed by atoms with E-state index in [4.69, 9.17) is 16.7 Å². The molecule has 0 aliphatic rings. The molecule has 2 nitrogen and oxygen atoms in total. The third kappa shape index (κ3) is 2.42. The number of rotatable bonds is 2. The molecule has 0 bridgehead atoms. The summed E-state index contributed by atoms with van der Waals surface area (Å²) in [6.07, 6.45) is 0. The molecule has 4 heteroatoms. The fraction of sp³-hybridized carbons (Fsp3) is 0.0714. The van der Waals surface area contributed by atoms with Gasteiger partial charge in [0.25, 0.3) is 0 Å². The van der Waals surface area contributed by atoms with Crippen LogP contribution in [0.15, 0.2) is 40.9 Å². The van der Waals surface area contributed by atoms with Crippen molar-refractivity contribution in [2.45, 2.75) is 6.92 Å². The standard InChI is InChI=1S/C14H10BrClO2/c1-8-5-6-9(7-10(8)14(17)18)13-11(15)3-2-4-12(13)16/h2-7H,1H3,(H,17,18). The lowest BCUT2D eigenvalue weighted by molar-refractivity contribution is 0.0696. The van der Waals surface area contributed by atoms with Gasteiger partial charge in [-0.3, -0.25) is 0 Å². The predicted octanol–water partition coefficient (Wildman–Crippen LogP) is 4.78. The van der Waals surface area contributed by atoms with E-state index in [9.17, 15) is 4.79 Å². The van der Waals surface area contributed by atoms with Crippen molar-refractivity contribution in [2.24, 2.45) is 0 Å². The van der Waals surface area contributed by atoms with E-state index in [2.05, 4.69) is 15.9 Å². The summed E-state index contributed by atoms with van der Waals surface area (Å²) in [4.78, 5) is 11.1. The van der Waals surface area contributed by atoms with Gasteiger partial charge in [0.1, 0.15) is 0 Å². The van der Waals surface area contributed by atoms with Crippen molar-refractivity contribution in [1.29, 1.82) is 0 Å². The van der Waals surface area contributed by atoms with Crippen molar-refractivity contribution >= 4 is 33.5 Å². The number of benzene rings is 2. The highest BCUT2D eigenvalue weighted by atomic mass is 79.9. The molecule has 0 amide bonds. The van der Waals surface area contributed by atoms with Crippen molar-refractivity contribution in [2.75, 3.05) is 0 Å². The molecular weight excluding hydrogens is 316 g/mol. The molecule has 0 fully saturated rings. The molecule has 0 spiro atoms. The molecule has 0 aromatic heterocycles. The molecule has 0 atom stereocenters. The SMILES string of the molecule is Cc1ccc(-c2c(Cl)cccc2Br)cc1C(=O)O. The summed E-state index contributed by atoms with van der Waals surface area (Å²) >= 11 is 9.59. The van der Waals surface area contributed by atoms with E-state index < -0.39 is 5.97 Å². The Hall–Kier alpha value is -1.32. The zero-order valence-electron chi connectivity index (χ0n) is 9.58. The average Bonchev–Trinajstić information content (AvgIpc) is 2.30. The van der Waals surface area contributed by atoms with Crippen LogP contribution >= 0.6 is 27.5 Å². The van der Waals surface area contributed by atoms with Gasteiger partial charge >= 0.3 is 5.97 Å². The molecule has 0 aliphatic heterocycles. The van der Waals surface area contributed by atoms with Gasteiger partial charge in [-0.25, -0.2) is 4.79 Å². The van der Waals surface area contributed by atoms with E-state index in [0.717, 1.165) is 21.2 Å². The largest absolute Gasteiger partial charge is 0.478 e. The number of aromatic carboxylic acids is 1. The minimum absolute atomic E-state index is 0.291. The van der Waals surface area contributed by atoms with Crippen molar-refractivity contribution < 1.29 is 9.90 Å². The number of carbonyl (C=O) groups is 1. The first-order chi connectivity index (χ1) is 8.50. The van der Waals surface area contributed by atoms with E-state index in [1.165, 1.54) is 0 Å². The fourth-order valence-corrected chi connectivity index (χ4v) is 2.77. The lowest BCUT2D eigenvalue weighted by atomic mass is 10.00. The van der Waals surface area contributed by atoms with Gasteiger partial charge in [0.05, 0.1) is 5.56 Å². The zero-order chi connectivity index (χ0) is 13.3. The molecule has 2 aromatic carbocycles. The van der Waals surface area contributed by atoms with E-state index in [0.29, 0.717) is 10.6 Å². The Kier molecular flexibility index (Phi) is 3.73. The zero-order valence-corrected chi connectivity index (χ0v) is 11.9. The van der Waals surface area contributed by atoms with Gasteiger partial charge in [0.2, 0.25) is 0 Å². The maximum atomic E-state index is 11.1. The van der Waals surface area contributed by atoms with Gasteiger partial charge in [-0.1, -0.05) is 45.7 Å². The van der Waals surface area contributed by atoms with Crippen LogP contribution in [0.1, 0.15) is 15.9 Å². The van der Waals surface area contributed by atoms with Crippen LogP contribution in [-0.4, -0.2) is 11.1 Å². The first-order valence-corrected chi connectivity index (χ1v) is 6.46. The third-order valence-electron chi connectivity index (χ3n) is 2.72. The molecule has 0 aliphatic carbocycles.